The normalized spacial score (nSPS) is 25.1. The van der Waals surface area contributed by atoms with Gasteiger partial charge in [0.25, 0.3) is 0 Å². The second-order valence-corrected chi connectivity index (χ2v) is 15.2. The van der Waals surface area contributed by atoms with E-state index in [9.17, 15) is 4.79 Å². The van der Waals surface area contributed by atoms with Crippen molar-refractivity contribution in [3.63, 3.8) is 0 Å². The molecule has 0 N–H and O–H groups in total. The molecule has 2 saturated carbocycles. The molecule has 1 nitrogen and oxygen atoms in total. The Morgan fingerprint density at radius 2 is 0.949 bits per heavy atom. The molecule has 1 saturated heterocycles. The fraction of sp³-hybridized carbons (Fsp3) is 0.486. The lowest BCUT2D eigenvalue weighted by molar-refractivity contribution is -0.119. The van der Waals surface area contributed by atoms with Crippen LogP contribution in [0.5, 0.6) is 0 Å². The van der Waals surface area contributed by atoms with E-state index in [1.54, 1.807) is 5.30 Å². The van der Waals surface area contributed by atoms with Gasteiger partial charge in [-0.15, -0.1) is 0 Å². The van der Waals surface area contributed by atoms with Gasteiger partial charge >= 0.3 is 0 Å². The van der Waals surface area contributed by atoms with Crippen molar-refractivity contribution in [1.82, 2.24) is 0 Å². The molecule has 2 heteroatoms. The molecule has 1 heterocycles. The third kappa shape index (κ3) is 5.54. The first kappa shape index (κ1) is 27.0. The van der Waals surface area contributed by atoms with E-state index < -0.39 is 7.92 Å². The van der Waals surface area contributed by atoms with Crippen molar-refractivity contribution in [2.24, 2.45) is 11.8 Å². The zero-order chi connectivity index (χ0) is 26.8. The number of hydrogen-bond acceptors (Lipinski definition) is 1. The van der Waals surface area contributed by atoms with Crippen LogP contribution in [0, 0.1) is 25.7 Å². The second-order valence-electron chi connectivity index (χ2n) is 12.6. The first-order chi connectivity index (χ1) is 19.1. The highest BCUT2D eigenvalue weighted by Crippen LogP contribution is 2.62. The Labute approximate surface area is 237 Å². The highest BCUT2D eigenvalue weighted by atomic mass is 31.1. The lowest BCUT2D eigenvalue weighted by Gasteiger charge is -2.48. The maximum Gasteiger partial charge on any atom is 0.134 e. The Morgan fingerprint density at radius 3 is 1.38 bits per heavy atom. The molecule has 0 spiro atoms. The number of carbonyl (C=O) groups excluding carboxylic acids is 1. The number of rotatable bonds is 5. The summed E-state index contributed by atoms with van der Waals surface area (Å²) in [6.45, 7) is 4.54. The van der Waals surface area contributed by atoms with E-state index in [2.05, 4.69) is 80.6 Å². The van der Waals surface area contributed by atoms with Crippen LogP contribution >= 0.6 is 7.92 Å². The molecule has 0 bridgehead atoms. The second kappa shape index (κ2) is 12.1. The molecule has 3 fully saturated rings. The molecule has 1 aliphatic heterocycles. The van der Waals surface area contributed by atoms with Gasteiger partial charge < -0.3 is 0 Å². The summed E-state index contributed by atoms with van der Waals surface area (Å²) in [6, 6.07) is 25.1. The van der Waals surface area contributed by atoms with Gasteiger partial charge in [0.2, 0.25) is 0 Å². The van der Waals surface area contributed by atoms with Crippen molar-refractivity contribution in [1.29, 1.82) is 0 Å². The van der Waals surface area contributed by atoms with Crippen molar-refractivity contribution < 1.29 is 4.79 Å². The van der Waals surface area contributed by atoms with E-state index in [0.29, 0.717) is 28.9 Å². The van der Waals surface area contributed by atoms with Gasteiger partial charge in [0.05, 0.1) is 0 Å². The van der Waals surface area contributed by atoms with Crippen molar-refractivity contribution in [2.75, 3.05) is 0 Å². The predicted octanol–water partition coefficient (Wildman–Crippen LogP) is 10.0. The number of hydrogen-bond donors (Lipinski definition) is 0. The SMILES string of the molecule is Cc1ccccc1-c1cccc(-c2ccccc2C)c1P1C(C2CCCCC2)CC(=O)CC1C1CCCCC1. The van der Waals surface area contributed by atoms with Crippen LogP contribution < -0.4 is 5.30 Å². The molecule has 3 aromatic rings. The standard InChI is InChI=1S/C37H45OP/c1-26-14-9-11-20-31(26)33-22-13-23-34(32-21-12-10-15-27(32)2)37(33)39-35(28-16-5-3-6-17-28)24-30(38)25-36(39)29-18-7-4-8-19-29/h9-15,20-23,28-29,35-36H,3-8,16-19,24-25H2,1-2H3. The first-order valence-electron chi connectivity index (χ1n) is 15.7. The Bertz CT molecular complexity index is 1200. The largest absolute Gasteiger partial charge is 0.300 e. The number of aryl methyl sites for hydroxylation is 2. The molecule has 6 rings (SSSR count). The first-order valence-corrected chi connectivity index (χ1v) is 17.1. The van der Waals surface area contributed by atoms with Crippen LogP contribution in [0.15, 0.2) is 66.7 Å². The van der Waals surface area contributed by atoms with Crippen LogP contribution in [0.2, 0.25) is 0 Å². The minimum absolute atomic E-state index is 0.500. The number of benzene rings is 3. The van der Waals surface area contributed by atoms with Crippen LogP contribution in [0.3, 0.4) is 0 Å². The molecule has 3 aromatic carbocycles. The predicted molar refractivity (Wildman–Crippen MR) is 168 cm³/mol. The Morgan fingerprint density at radius 1 is 0.538 bits per heavy atom. The molecule has 2 unspecified atom stereocenters. The summed E-state index contributed by atoms with van der Waals surface area (Å²) in [5.74, 6) is 1.97. The van der Waals surface area contributed by atoms with Gasteiger partial charge in [-0.05, 0) is 101 Å². The van der Waals surface area contributed by atoms with Crippen molar-refractivity contribution in [3.8, 4) is 22.3 Å². The maximum absolute atomic E-state index is 13.6. The van der Waals surface area contributed by atoms with Crippen molar-refractivity contribution in [2.45, 2.75) is 102 Å². The van der Waals surface area contributed by atoms with Gasteiger partial charge in [-0.1, -0.05) is 113 Å². The van der Waals surface area contributed by atoms with E-state index in [4.69, 9.17) is 0 Å². The molecule has 0 amide bonds. The van der Waals surface area contributed by atoms with Crippen LogP contribution in [0.4, 0.5) is 0 Å². The molecular formula is C37H45OP. The summed E-state index contributed by atoms with van der Waals surface area (Å²) in [4.78, 5) is 13.6. The molecule has 204 valence electrons. The zero-order valence-corrected chi connectivity index (χ0v) is 24.9. The van der Waals surface area contributed by atoms with Gasteiger partial charge in [0.1, 0.15) is 5.78 Å². The molecular weight excluding hydrogens is 491 g/mol. The van der Waals surface area contributed by atoms with Crippen LogP contribution in [-0.2, 0) is 4.79 Å². The van der Waals surface area contributed by atoms with Gasteiger partial charge in [-0.3, -0.25) is 4.79 Å². The van der Waals surface area contributed by atoms with E-state index >= 15 is 0 Å². The molecule has 0 aromatic heterocycles. The summed E-state index contributed by atoms with van der Waals surface area (Å²) >= 11 is 0. The van der Waals surface area contributed by atoms with Crippen LogP contribution in [0.1, 0.15) is 88.2 Å². The summed E-state index contributed by atoms with van der Waals surface area (Å²) in [5, 5.41) is 1.62. The Hall–Kier alpha value is -2.24. The van der Waals surface area contributed by atoms with Gasteiger partial charge in [0.15, 0.2) is 0 Å². The molecule has 3 aliphatic rings. The highest BCUT2D eigenvalue weighted by Gasteiger charge is 2.46. The molecule has 39 heavy (non-hydrogen) atoms. The summed E-state index contributed by atoms with van der Waals surface area (Å²) in [7, 11) is -0.500. The smallest absolute Gasteiger partial charge is 0.134 e. The third-order valence-corrected chi connectivity index (χ3v) is 13.8. The van der Waals surface area contributed by atoms with E-state index in [-0.39, 0.29) is 0 Å². The fourth-order valence-corrected chi connectivity index (χ4v) is 12.6. The summed E-state index contributed by atoms with van der Waals surface area (Å²) < 4.78 is 0. The number of Topliss-reactive ketones (excluding diaryl/α,β-unsaturated/α-hetero) is 1. The Kier molecular flexibility index (Phi) is 8.36. The third-order valence-electron chi connectivity index (χ3n) is 10.1. The van der Waals surface area contributed by atoms with Gasteiger partial charge in [0, 0.05) is 12.8 Å². The number of ketones is 1. The van der Waals surface area contributed by atoms with E-state index in [0.717, 1.165) is 12.8 Å². The van der Waals surface area contributed by atoms with Crippen molar-refractivity contribution >= 4 is 19.0 Å². The summed E-state index contributed by atoms with van der Waals surface area (Å²) in [6.07, 6.45) is 15.0. The maximum atomic E-state index is 13.6. The zero-order valence-electron chi connectivity index (χ0n) is 24.0. The quantitative estimate of drug-likeness (QED) is 0.297. The monoisotopic (exact) mass is 536 g/mol. The molecule has 0 radical (unpaired) electrons. The Balaban J connectivity index is 1.60. The van der Waals surface area contributed by atoms with Crippen molar-refractivity contribution in [3.05, 3.63) is 77.9 Å². The summed E-state index contributed by atoms with van der Waals surface area (Å²) in [5.41, 5.74) is 9.41. The minimum Gasteiger partial charge on any atom is -0.300 e. The lowest BCUT2D eigenvalue weighted by atomic mass is 9.82. The van der Waals surface area contributed by atoms with Crippen LogP contribution in [0.25, 0.3) is 22.3 Å². The molecule has 2 atom stereocenters. The lowest BCUT2D eigenvalue weighted by Crippen LogP contribution is -2.41. The molecule has 2 aliphatic carbocycles. The van der Waals surface area contributed by atoms with E-state index in [1.165, 1.54) is 97.6 Å². The topological polar surface area (TPSA) is 17.1 Å². The minimum atomic E-state index is -0.500. The highest BCUT2D eigenvalue weighted by molar-refractivity contribution is 7.68. The van der Waals surface area contributed by atoms with E-state index in [1.807, 2.05) is 0 Å². The van der Waals surface area contributed by atoms with Gasteiger partial charge in [-0.2, -0.15) is 0 Å². The average Bonchev–Trinajstić information content (AvgIpc) is 2.98. The van der Waals surface area contributed by atoms with Crippen LogP contribution in [-0.4, -0.2) is 17.1 Å². The number of carbonyl (C=O) groups is 1. The van der Waals surface area contributed by atoms with Gasteiger partial charge in [-0.25, -0.2) is 0 Å². The fourth-order valence-electron chi connectivity index (χ4n) is 8.16. The average molecular weight is 537 g/mol.